The molecule has 1 aromatic carbocycles. The molecule has 7 heteroatoms. The van der Waals surface area contributed by atoms with Crippen LogP contribution in [0.5, 0.6) is 0 Å². The van der Waals surface area contributed by atoms with Gasteiger partial charge in [-0.2, -0.15) is 0 Å². The number of anilines is 1. The number of nitrogens with zero attached hydrogens (tertiary/aromatic N) is 3. The van der Waals surface area contributed by atoms with Gasteiger partial charge in [-0.05, 0) is 19.1 Å². The molecule has 0 radical (unpaired) electrons. The molecule has 0 aliphatic rings. The van der Waals surface area contributed by atoms with Crippen LogP contribution in [0.1, 0.15) is 17.4 Å². The second-order valence-corrected chi connectivity index (χ2v) is 3.60. The Balaban J connectivity index is 2.36. The summed E-state index contributed by atoms with van der Waals surface area (Å²) in [6, 6.07) is 5.68. The number of carbonyl (C=O) groups is 1. The van der Waals surface area contributed by atoms with Crippen LogP contribution >= 0.6 is 0 Å². The molecule has 0 unspecified atom stereocenters. The summed E-state index contributed by atoms with van der Waals surface area (Å²) >= 11 is 0. The lowest BCUT2D eigenvalue weighted by Crippen LogP contribution is -2.13. The molecule has 0 saturated carbocycles. The average Bonchev–Trinajstić information content (AvgIpc) is 2.38. The van der Waals surface area contributed by atoms with Gasteiger partial charge >= 0.3 is 5.97 Å². The van der Waals surface area contributed by atoms with Crippen LogP contribution in [0.3, 0.4) is 0 Å². The molecule has 98 valence electrons. The van der Waals surface area contributed by atoms with E-state index in [0.29, 0.717) is 5.56 Å². The van der Waals surface area contributed by atoms with E-state index in [2.05, 4.69) is 15.2 Å². The number of benzene rings is 1. The van der Waals surface area contributed by atoms with Gasteiger partial charge in [0.25, 0.3) is 0 Å². The second kappa shape index (κ2) is 5.38. The van der Waals surface area contributed by atoms with Crippen LogP contribution in [0.25, 0.3) is 11.4 Å². The number of esters is 1. The highest BCUT2D eigenvalue weighted by atomic mass is 19.1. The van der Waals surface area contributed by atoms with Gasteiger partial charge < -0.3 is 10.5 Å². The molecular formula is C12H11FN4O2. The molecular weight excluding hydrogens is 251 g/mol. The molecule has 1 aromatic heterocycles. The predicted octanol–water partition coefficient (Wildman–Crippen LogP) is 1.44. The fraction of sp³-hybridized carbons (Fsp3) is 0.167. The molecule has 0 aliphatic carbocycles. The Bertz CT molecular complexity index is 618. The number of rotatable bonds is 3. The minimum Gasteiger partial charge on any atom is -0.461 e. The molecule has 0 aliphatic heterocycles. The van der Waals surface area contributed by atoms with Crippen molar-refractivity contribution in [1.82, 2.24) is 15.2 Å². The maximum Gasteiger partial charge on any atom is 0.362 e. The lowest BCUT2D eigenvalue weighted by atomic mass is 10.2. The van der Waals surface area contributed by atoms with E-state index >= 15 is 0 Å². The normalized spacial score (nSPS) is 10.2. The number of hydrogen-bond acceptors (Lipinski definition) is 6. The Kier molecular flexibility index (Phi) is 3.65. The fourth-order valence-corrected chi connectivity index (χ4v) is 1.43. The van der Waals surface area contributed by atoms with Crippen molar-refractivity contribution in [3.05, 3.63) is 35.8 Å². The summed E-state index contributed by atoms with van der Waals surface area (Å²) in [5, 5.41) is 7.41. The summed E-state index contributed by atoms with van der Waals surface area (Å²) in [6.45, 7) is 1.86. The highest BCUT2D eigenvalue weighted by molar-refractivity contribution is 5.91. The number of hydrogen-bond donors (Lipinski definition) is 1. The van der Waals surface area contributed by atoms with Gasteiger partial charge in [-0.3, -0.25) is 0 Å². The van der Waals surface area contributed by atoms with Crippen molar-refractivity contribution in [3.8, 4) is 11.4 Å². The SMILES string of the molecule is CCOC(=O)c1nnc(-c2cccc(F)c2)nc1N. The minimum absolute atomic E-state index is 0.104. The van der Waals surface area contributed by atoms with Crippen molar-refractivity contribution in [1.29, 1.82) is 0 Å². The van der Waals surface area contributed by atoms with Gasteiger partial charge in [0.15, 0.2) is 11.6 Å². The Morgan fingerprint density at radius 1 is 1.42 bits per heavy atom. The summed E-state index contributed by atoms with van der Waals surface area (Å²) in [4.78, 5) is 15.4. The smallest absolute Gasteiger partial charge is 0.362 e. The van der Waals surface area contributed by atoms with E-state index in [-0.39, 0.29) is 23.9 Å². The highest BCUT2D eigenvalue weighted by Gasteiger charge is 2.16. The van der Waals surface area contributed by atoms with Gasteiger partial charge in [0.05, 0.1) is 6.61 Å². The van der Waals surface area contributed by atoms with Gasteiger partial charge in [-0.15, -0.1) is 10.2 Å². The predicted molar refractivity (Wildman–Crippen MR) is 65.6 cm³/mol. The number of halogens is 1. The van der Waals surface area contributed by atoms with Crippen LogP contribution in [0.4, 0.5) is 10.2 Å². The average molecular weight is 262 g/mol. The van der Waals surface area contributed by atoms with E-state index < -0.39 is 11.8 Å². The maximum absolute atomic E-state index is 13.1. The maximum atomic E-state index is 13.1. The van der Waals surface area contributed by atoms with Crippen molar-refractivity contribution in [2.75, 3.05) is 12.3 Å². The number of carbonyl (C=O) groups excluding carboxylic acids is 1. The minimum atomic E-state index is -0.689. The summed E-state index contributed by atoms with van der Waals surface area (Å²) in [5.74, 6) is -1.07. The summed E-state index contributed by atoms with van der Waals surface area (Å²) in [7, 11) is 0. The standard InChI is InChI=1S/C12H11FN4O2/c1-2-19-12(18)9-10(14)15-11(17-16-9)7-4-3-5-8(13)6-7/h3-6H,2H2,1H3,(H2,14,15,17). The molecule has 2 rings (SSSR count). The van der Waals surface area contributed by atoms with Gasteiger partial charge in [-0.1, -0.05) is 12.1 Å². The van der Waals surface area contributed by atoms with Crippen LogP contribution < -0.4 is 5.73 Å². The van der Waals surface area contributed by atoms with Crippen LogP contribution in [-0.4, -0.2) is 27.8 Å². The summed E-state index contributed by atoms with van der Waals surface area (Å²) < 4.78 is 17.8. The third-order valence-corrected chi connectivity index (χ3v) is 2.27. The summed E-state index contributed by atoms with van der Waals surface area (Å²) in [6.07, 6.45) is 0. The molecule has 0 amide bonds. The Morgan fingerprint density at radius 2 is 2.21 bits per heavy atom. The number of ether oxygens (including phenoxy) is 1. The van der Waals surface area contributed by atoms with Crippen molar-refractivity contribution in [2.24, 2.45) is 0 Å². The van der Waals surface area contributed by atoms with Gasteiger partial charge in [-0.25, -0.2) is 14.2 Å². The van der Waals surface area contributed by atoms with E-state index in [4.69, 9.17) is 10.5 Å². The first kappa shape index (κ1) is 12.9. The lowest BCUT2D eigenvalue weighted by molar-refractivity contribution is 0.0519. The number of nitrogen functional groups attached to an aromatic ring is 1. The largest absolute Gasteiger partial charge is 0.461 e. The van der Waals surface area contributed by atoms with Crippen LogP contribution in [0, 0.1) is 5.82 Å². The topological polar surface area (TPSA) is 91.0 Å². The molecule has 2 aromatic rings. The van der Waals surface area contributed by atoms with Crippen molar-refractivity contribution in [2.45, 2.75) is 6.92 Å². The molecule has 0 atom stereocenters. The molecule has 1 heterocycles. The molecule has 0 saturated heterocycles. The van der Waals surface area contributed by atoms with E-state index in [1.165, 1.54) is 18.2 Å². The highest BCUT2D eigenvalue weighted by Crippen LogP contribution is 2.17. The van der Waals surface area contributed by atoms with E-state index in [9.17, 15) is 9.18 Å². The van der Waals surface area contributed by atoms with Crippen molar-refractivity contribution < 1.29 is 13.9 Å². The summed E-state index contributed by atoms with van der Waals surface area (Å²) in [5.41, 5.74) is 5.89. The first-order valence-corrected chi connectivity index (χ1v) is 5.55. The molecule has 2 N–H and O–H groups in total. The monoisotopic (exact) mass is 262 g/mol. The van der Waals surface area contributed by atoms with Gasteiger partial charge in [0, 0.05) is 5.56 Å². The van der Waals surface area contributed by atoms with E-state index in [0.717, 1.165) is 0 Å². The third-order valence-electron chi connectivity index (χ3n) is 2.27. The molecule has 0 spiro atoms. The van der Waals surface area contributed by atoms with Crippen molar-refractivity contribution >= 4 is 11.8 Å². The first-order chi connectivity index (χ1) is 9.11. The Morgan fingerprint density at radius 3 is 2.84 bits per heavy atom. The van der Waals surface area contributed by atoms with E-state index in [1.54, 1.807) is 13.0 Å². The zero-order valence-electron chi connectivity index (χ0n) is 10.1. The van der Waals surface area contributed by atoms with Crippen LogP contribution in [-0.2, 0) is 4.74 Å². The van der Waals surface area contributed by atoms with E-state index in [1.807, 2.05) is 0 Å². The molecule has 19 heavy (non-hydrogen) atoms. The Labute approximate surface area is 108 Å². The second-order valence-electron chi connectivity index (χ2n) is 3.60. The van der Waals surface area contributed by atoms with Crippen LogP contribution in [0.2, 0.25) is 0 Å². The number of aromatic nitrogens is 3. The number of nitrogens with two attached hydrogens (primary N) is 1. The van der Waals surface area contributed by atoms with Gasteiger partial charge in [0.1, 0.15) is 5.82 Å². The van der Waals surface area contributed by atoms with Crippen molar-refractivity contribution in [3.63, 3.8) is 0 Å². The van der Waals surface area contributed by atoms with Gasteiger partial charge in [0.2, 0.25) is 5.69 Å². The zero-order valence-corrected chi connectivity index (χ0v) is 10.1. The Hall–Kier alpha value is -2.57. The fourth-order valence-electron chi connectivity index (χ4n) is 1.43. The zero-order chi connectivity index (χ0) is 13.8. The third kappa shape index (κ3) is 2.82. The molecule has 0 fully saturated rings. The first-order valence-electron chi connectivity index (χ1n) is 5.55. The van der Waals surface area contributed by atoms with Crippen LogP contribution in [0.15, 0.2) is 24.3 Å². The molecule has 0 bridgehead atoms. The quantitative estimate of drug-likeness (QED) is 0.841. The molecule has 6 nitrogen and oxygen atoms in total. The lowest BCUT2D eigenvalue weighted by Gasteiger charge is -2.04.